The molecule has 0 saturated carbocycles. The van der Waals surface area contributed by atoms with E-state index in [1.54, 1.807) is 0 Å². The van der Waals surface area contributed by atoms with Crippen molar-refractivity contribution in [2.45, 2.75) is 19.3 Å². The molecule has 26 rings (SSSR count). The van der Waals surface area contributed by atoms with E-state index in [1.807, 2.05) is 0 Å². The van der Waals surface area contributed by atoms with Crippen molar-refractivity contribution in [2.75, 3.05) is 24.5 Å². The summed E-state index contributed by atoms with van der Waals surface area (Å²) in [4.78, 5) is 11.9. The van der Waals surface area contributed by atoms with Crippen LogP contribution in [-0.2, 0) is 5.41 Å². The van der Waals surface area contributed by atoms with Crippen LogP contribution in [0.3, 0.4) is 0 Å². The first-order valence-electron chi connectivity index (χ1n) is 50.0. The highest BCUT2D eigenvalue weighted by molar-refractivity contribution is 6.11. The van der Waals surface area contributed by atoms with Gasteiger partial charge in [-0.15, -0.1) is 0 Å². The Labute approximate surface area is 845 Å². The summed E-state index contributed by atoms with van der Waals surface area (Å²) in [5.41, 5.74) is 38.6. The van der Waals surface area contributed by atoms with Crippen LogP contribution in [0.1, 0.15) is 25.0 Å². The monoisotopic (exact) mass is 1850 g/mol. The molecule has 0 spiro atoms. The van der Waals surface area contributed by atoms with Gasteiger partial charge in [-0.2, -0.15) is 0 Å². The quantitative estimate of drug-likeness (QED) is 0.0672. The number of para-hydroxylation sites is 5. The van der Waals surface area contributed by atoms with Gasteiger partial charge in [0.05, 0.1) is 11.0 Å². The zero-order chi connectivity index (χ0) is 96.4. The van der Waals surface area contributed by atoms with Gasteiger partial charge >= 0.3 is 0 Å². The van der Waals surface area contributed by atoms with E-state index in [0.717, 1.165) is 141 Å². The number of anilines is 15. The third kappa shape index (κ3) is 16.2. The minimum Gasteiger partial charge on any atom is -0.310 e. The lowest BCUT2D eigenvalue weighted by Crippen LogP contribution is -2.16. The van der Waals surface area contributed by atoms with E-state index in [4.69, 9.17) is 0 Å². The Balaban J connectivity index is 0.471. The lowest BCUT2D eigenvalue weighted by molar-refractivity contribution is 0.660. The van der Waals surface area contributed by atoms with E-state index in [0.29, 0.717) is 0 Å². The van der Waals surface area contributed by atoms with Crippen molar-refractivity contribution >= 4 is 150 Å². The third-order valence-corrected chi connectivity index (χ3v) is 29.4. The van der Waals surface area contributed by atoms with Gasteiger partial charge in [0, 0.05) is 107 Å². The molecule has 0 fully saturated rings. The molecule has 1 aliphatic carbocycles. The van der Waals surface area contributed by atoms with E-state index < -0.39 is 0 Å². The molecule has 0 aliphatic heterocycles. The normalized spacial score (nSPS) is 12.0. The topological polar surface area (TPSA) is 21.1 Å². The maximum absolute atomic E-state index is 2.45. The van der Waals surface area contributed by atoms with Gasteiger partial charge < -0.3 is 29.1 Å². The standard InChI is InChI=1S/C139H98N6/c1-139(2)135-93-110(109-64-85-138-134(92-109)133-43-22-23-45-137(133)145(138)116-40-16-7-17-41-116)63-82-131(135)132-84-81-128(94-136(132)139)143(120-65-48-98(49-66-120)95-26-8-3-9-27-95)121-75-61-104(62-76-121)129-44-25-33-111-90-127(80-83-130(111)129)142(115-38-14-6-15-39-115)119-71-54-101(55-72-119)102-56-73-122(74-57-102)144(125-78-59-97-29-19-21-31-106(97)88-125)123-42-24-32-107(89-123)108-47-46-103-60-79-126(91-112(103)86-108)141(114-36-12-5-13-37-114)118-69-52-100(53-70-118)99-50-67-117(68-51-99)140(113-34-10-4-11-35-113)124-77-58-96-28-18-20-30-105(96)87-124/h3-94H,1-2H3. The van der Waals surface area contributed by atoms with Gasteiger partial charge in [0.15, 0.2) is 0 Å². The maximum atomic E-state index is 2.45. The highest BCUT2D eigenvalue weighted by Gasteiger charge is 2.37. The molecule has 0 radical (unpaired) electrons. The van der Waals surface area contributed by atoms with Crippen molar-refractivity contribution in [3.05, 3.63) is 569 Å². The Kier molecular flexibility index (Phi) is 21.9. The summed E-state index contributed by atoms with van der Waals surface area (Å²) in [5, 5.41) is 12.0. The molecule has 0 saturated heterocycles. The number of hydrogen-bond donors (Lipinski definition) is 0. The molecular formula is C139H98N6. The van der Waals surface area contributed by atoms with Crippen molar-refractivity contribution in [3.63, 3.8) is 0 Å². The summed E-state index contributed by atoms with van der Waals surface area (Å²) >= 11 is 0. The first-order chi connectivity index (χ1) is 71.6. The molecular weight excluding hydrogens is 1750 g/mol. The molecule has 0 atom stereocenters. The largest absolute Gasteiger partial charge is 0.310 e. The van der Waals surface area contributed by atoms with Crippen molar-refractivity contribution in [3.8, 4) is 83.6 Å². The number of fused-ring (bicyclic) bond motifs is 10. The van der Waals surface area contributed by atoms with Crippen LogP contribution < -0.4 is 24.5 Å². The molecule has 1 heterocycles. The first kappa shape index (κ1) is 86.5. The smallest absolute Gasteiger partial charge is 0.0541 e. The van der Waals surface area contributed by atoms with Crippen LogP contribution in [0, 0.1) is 0 Å². The van der Waals surface area contributed by atoms with Gasteiger partial charge in [-0.3, -0.25) is 0 Å². The fraction of sp³-hybridized carbons (Fsp3) is 0.0216. The van der Waals surface area contributed by atoms with Gasteiger partial charge in [0.25, 0.3) is 0 Å². The number of aromatic nitrogens is 1. The van der Waals surface area contributed by atoms with Crippen LogP contribution in [0.25, 0.3) is 148 Å². The summed E-state index contributed by atoms with van der Waals surface area (Å²) in [5.74, 6) is 0. The van der Waals surface area contributed by atoms with Crippen molar-refractivity contribution in [1.82, 2.24) is 4.57 Å². The van der Waals surface area contributed by atoms with Gasteiger partial charge in [0.1, 0.15) is 0 Å². The molecule has 684 valence electrons. The Hall–Kier alpha value is -18.9. The Morgan fingerprint density at radius 1 is 0.145 bits per heavy atom. The molecule has 25 aromatic rings. The zero-order valence-corrected chi connectivity index (χ0v) is 80.3. The predicted molar refractivity (Wildman–Crippen MR) is 614 cm³/mol. The number of benzene rings is 24. The van der Waals surface area contributed by atoms with Crippen LogP contribution in [0.15, 0.2) is 558 Å². The minimum absolute atomic E-state index is 0.290. The second-order valence-corrected chi connectivity index (χ2v) is 38.4. The number of hydrogen-bond acceptors (Lipinski definition) is 5. The Bertz CT molecular complexity index is 9170. The van der Waals surface area contributed by atoms with E-state index in [1.165, 1.54) is 104 Å². The zero-order valence-electron chi connectivity index (χ0n) is 80.3. The van der Waals surface area contributed by atoms with Crippen molar-refractivity contribution in [1.29, 1.82) is 0 Å². The molecule has 0 bridgehead atoms. The summed E-state index contributed by atoms with van der Waals surface area (Å²) in [6.45, 7) is 4.80. The Morgan fingerprint density at radius 3 is 0.945 bits per heavy atom. The summed E-state index contributed by atoms with van der Waals surface area (Å²) in [7, 11) is 0. The van der Waals surface area contributed by atoms with Gasteiger partial charge in [-0.05, 0) is 357 Å². The maximum Gasteiger partial charge on any atom is 0.0541 e. The summed E-state index contributed by atoms with van der Waals surface area (Å²) in [6, 6.07) is 205. The summed E-state index contributed by atoms with van der Waals surface area (Å²) in [6.07, 6.45) is 0. The highest BCUT2D eigenvalue weighted by atomic mass is 15.2. The van der Waals surface area contributed by atoms with E-state index in [-0.39, 0.29) is 5.41 Å². The average molecular weight is 1850 g/mol. The van der Waals surface area contributed by atoms with Gasteiger partial charge in [0.2, 0.25) is 0 Å². The van der Waals surface area contributed by atoms with Gasteiger partial charge in [-0.25, -0.2) is 0 Å². The third-order valence-electron chi connectivity index (χ3n) is 29.4. The number of nitrogens with zero attached hydrogens (tertiary/aromatic N) is 6. The van der Waals surface area contributed by atoms with E-state index >= 15 is 0 Å². The summed E-state index contributed by atoms with van der Waals surface area (Å²) < 4.78 is 2.39. The Morgan fingerprint density at radius 2 is 0.434 bits per heavy atom. The minimum atomic E-state index is -0.290. The van der Waals surface area contributed by atoms with E-state index in [9.17, 15) is 0 Å². The molecule has 0 N–H and O–H groups in total. The average Bonchev–Trinajstić information content (AvgIpc) is 1.57. The fourth-order valence-electron chi connectivity index (χ4n) is 22.1. The fourth-order valence-corrected chi connectivity index (χ4v) is 22.1. The van der Waals surface area contributed by atoms with Gasteiger partial charge in [-0.1, -0.05) is 347 Å². The van der Waals surface area contributed by atoms with Crippen LogP contribution in [0.5, 0.6) is 0 Å². The van der Waals surface area contributed by atoms with Crippen LogP contribution >= 0.6 is 0 Å². The highest BCUT2D eigenvalue weighted by Crippen LogP contribution is 2.54. The second-order valence-electron chi connectivity index (χ2n) is 38.4. The predicted octanol–water partition coefficient (Wildman–Crippen LogP) is 39.1. The SMILES string of the molecule is CC1(C)c2cc(-c3ccc4c(c3)c3ccccc3n4-c3ccccc3)ccc2-c2ccc(N(c3ccc(-c4ccccc4)cc3)c3ccc(-c4cccc5cc(N(c6ccccc6)c6ccc(-c7ccc(N(c8cccc(-c9ccc%10ccc(N(c%11ccccc%11)c%11ccc(-c%12ccc(N(c%13ccccc%13)c%13ccc%14ccccc%14c%13)cc%12)cc%11)cc%10c9)c8)c8ccc9ccccc9c8)cc7)cc6)ccc45)cc3)cc21. The lowest BCUT2D eigenvalue weighted by Gasteiger charge is -2.28. The molecule has 145 heavy (non-hydrogen) atoms. The second kappa shape index (κ2) is 36.7. The lowest BCUT2D eigenvalue weighted by atomic mass is 9.81. The first-order valence-corrected chi connectivity index (χ1v) is 50.0. The van der Waals surface area contributed by atoms with Crippen molar-refractivity contribution < 1.29 is 0 Å². The molecule has 0 amide bonds. The molecule has 24 aromatic carbocycles. The molecule has 6 nitrogen and oxygen atoms in total. The number of rotatable bonds is 22. The molecule has 1 aliphatic rings. The molecule has 0 unspecified atom stereocenters. The van der Waals surface area contributed by atoms with Crippen LogP contribution in [0.4, 0.5) is 85.3 Å². The molecule has 6 heteroatoms. The van der Waals surface area contributed by atoms with Crippen molar-refractivity contribution in [2.24, 2.45) is 0 Å². The van der Waals surface area contributed by atoms with E-state index in [2.05, 4.69) is 601 Å². The van der Waals surface area contributed by atoms with Crippen LogP contribution in [0.2, 0.25) is 0 Å². The molecule has 1 aromatic heterocycles. The van der Waals surface area contributed by atoms with Crippen LogP contribution in [-0.4, -0.2) is 4.57 Å².